The van der Waals surface area contributed by atoms with Crippen molar-refractivity contribution in [3.63, 3.8) is 0 Å². The van der Waals surface area contributed by atoms with Gasteiger partial charge in [-0.25, -0.2) is 17.7 Å². The monoisotopic (exact) mass is 292 g/mol. The molecule has 2 rings (SSSR count). The lowest BCUT2D eigenvalue weighted by Gasteiger charge is -2.11. The van der Waals surface area contributed by atoms with E-state index in [0.717, 1.165) is 9.87 Å². The molecule has 0 spiro atoms. The van der Waals surface area contributed by atoms with Crippen LogP contribution in [-0.4, -0.2) is 36.8 Å². The molecule has 0 atom stereocenters. The molecule has 0 amide bonds. The van der Waals surface area contributed by atoms with Gasteiger partial charge in [-0.1, -0.05) is 0 Å². The second-order valence-corrected chi connectivity index (χ2v) is 6.53. The predicted molar refractivity (Wildman–Crippen MR) is 76.7 cm³/mol. The van der Waals surface area contributed by atoms with Crippen LogP contribution in [0.2, 0.25) is 0 Å². The molecule has 6 nitrogen and oxygen atoms in total. The normalized spacial score (nSPS) is 11.6. The summed E-state index contributed by atoms with van der Waals surface area (Å²) in [5, 5.41) is 3.12. The van der Waals surface area contributed by atoms with Crippen LogP contribution in [0, 0.1) is 0 Å². The van der Waals surface area contributed by atoms with Crippen molar-refractivity contribution in [3.8, 4) is 0 Å². The second kappa shape index (κ2) is 5.98. The third kappa shape index (κ3) is 3.31. The van der Waals surface area contributed by atoms with Gasteiger partial charge in [-0.05, 0) is 29.8 Å². The van der Waals surface area contributed by atoms with Gasteiger partial charge in [0.2, 0.25) is 10.0 Å². The first-order valence-corrected chi connectivity index (χ1v) is 7.45. The molecule has 0 saturated heterocycles. The average molecular weight is 292 g/mol. The maximum Gasteiger partial charge on any atom is 0.244 e. The van der Waals surface area contributed by atoms with Gasteiger partial charge >= 0.3 is 0 Å². The molecule has 2 heterocycles. The van der Waals surface area contributed by atoms with Gasteiger partial charge in [-0.3, -0.25) is 4.98 Å². The van der Waals surface area contributed by atoms with Crippen molar-refractivity contribution < 1.29 is 8.42 Å². The highest BCUT2D eigenvalue weighted by atomic mass is 32.2. The minimum atomic E-state index is -3.43. The van der Waals surface area contributed by atoms with Gasteiger partial charge < -0.3 is 5.32 Å². The second-order valence-electron chi connectivity index (χ2n) is 4.38. The molecule has 2 aromatic heterocycles. The van der Waals surface area contributed by atoms with E-state index in [4.69, 9.17) is 0 Å². The maximum atomic E-state index is 11.9. The Bertz CT molecular complexity index is 655. The van der Waals surface area contributed by atoms with Gasteiger partial charge in [-0.2, -0.15) is 0 Å². The van der Waals surface area contributed by atoms with Gasteiger partial charge in [0.25, 0.3) is 0 Å². The van der Waals surface area contributed by atoms with Crippen molar-refractivity contribution in [1.29, 1.82) is 0 Å². The molecule has 0 saturated carbocycles. The minimum absolute atomic E-state index is 0.178. The van der Waals surface area contributed by atoms with E-state index < -0.39 is 10.0 Å². The average Bonchev–Trinajstić information content (AvgIpc) is 2.46. The van der Waals surface area contributed by atoms with Crippen molar-refractivity contribution in [2.75, 3.05) is 19.4 Å². The van der Waals surface area contributed by atoms with Crippen molar-refractivity contribution in [2.45, 2.75) is 11.4 Å². The molecule has 0 fully saturated rings. The fourth-order valence-electron chi connectivity index (χ4n) is 1.54. The summed E-state index contributed by atoms with van der Waals surface area (Å²) in [5.41, 5.74) is 1.08. The summed E-state index contributed by atoms with van der Waals surface area (Å²) in [7, 11) is -0.444. The van der Waals surface area contributed by atoms with Crippen LogP contribution in [0.25, 0.3) is 0 Å². The summed E-state index contributed by atoms with van der Waals surface area (Å²) in [6, 6.07) is 6.99. The van der Waals surface area contributed by atoms with Crippen LogP contribution in [-0.2, 0) is 16.6 Å². The molecule has 7 heteroatoms. The van der Waals surface area contributed by atoms with E-state index in [-0.39, 0.29) is 4.90 Å². The third-order valence-electron chi connectivity index (χ3n) is 2.74. The Hall–Kier alpha value is -1.99. The standard InChI is InChI=1S/C13H16N4O2S/c1-17(2)20(18,19)12-3-4-13(16-10-12)15-9-11-5-7-14-8-6-11/h3-8,10H,9H2,1-2H3,(H,15,16). The number of sulfonamides is 1. The van der Waals surface area contributed by atoms with Crippen molar-refractivity contribution in [3.05, 3.63) is 48.4 Å². The van der Waals surface area contributed by atoms with E-state index in [1.165, 1.54) is 26.4 Å². The Balaban J connectivity index is 2.06. The lowest BCUT2D eigenvalue weighted by atomic mass is 10.3. The molecule has 0 aliphatic carbocycles. The Morgan fingerprint density at radius 3 is 2.40 bits per heavy atom. The molecule has 106 valence electrons. The Morgan fingerprint density at radius 1 is 1.15 bits per heavy atom. The lowest BCUT2D eigenvalue weighted by molar-refractivity contribution is 0.520. The van der Waals surface area contributed by atoms with Crippen molar-refractivity contribution in [1.82, 2.24) is 14.3 Å². The number of pyridine rings is 2. The summed E-state index contributed by atoms with van der Waals surface area (Å²) in [4.78, 5) is 8.23. The molecular weight excluding hydrogens is 276 g/mol. The molecule has 2 aromatic rings. The van der Waals surface area contributed by atoms with Crippen molar-refractivity contribution >= 4 is 15.8 Å². The summed E-state index contributed by atoms with van der Waals surface area (Å²) < 4.78 is 24.9. The maximum absolute atomic E-state index is 11.9. The van der Waals surface area contributed by atoms with Gasteiger partial charge in [0.05, 0.1) is 0 Å². The van der Waals surface area contributed by atoms with Gasteiger partial charge in [-0.15, -0.1) is 0 Å². The predicted octanol–water partition coefficient (Wildman–Crippen LogP) is 1.34. The first-order chi connectivity index (χ1) is 9.50. The highest BCUT2D eigenvalue weighted by Crippen LogP contribution is 2.14. The van der Waals surface area contributed by atoms with E-state index in [9.17, 15) is 8.42 Å². The topological polar surface area (TPSA) is 75.2 Å². The Labute approximate surface area is 118 Å². The molecule has 0 radical (unpaired) electrons. The fourth-order valence-corrected chi connectivity index (χ4v) is 2.39. The molecule has 0 aliphatic heterocycles. The van der Waals surface area contributed by atoms with Crippen LogP contribution in [0.4, 0.5) is 5.82 Å². The van der Waals surface area contributed by atoms with Gasteiger partial charge in [0.15, 0.2) is 0 Å². The largest absolute Gasteiger partial charge is 0.366 e. The van der Waals surface area contributed by atoms with E-state index in [2.05, 4.69) is 15.3 Å². The van der Waals surface area contributed by atoms with Gasteiger partial charge in [0, 0.05) is 39.2 Å². The number of hydrogen-bond acceptors (Lipinski definition) is 5. The van der Waals surface area contributed by atoms with E-state index in [1.807, 2.05) is 12.1 Å². The highest BCUT2D eigenvalue weighted by molar-refractivity contribution is 7.89. The summed E-state index contributed by atoms with van der Waals surface area (Å²) in [6.45, 7) is 0.606. The van der Waals surface area contributed by atoms with Crippen LogP contribution in [0.5, 0.6) is 0 Å². The van der Waals surface area contributed by atoms with E-state index in [0.29, 0.717) is 12.4 Å². The third-order valence-corrected chi connectivity index (χ3v) is 4.54. The quantitative estimate of drug-likeness (QED) is 0.900. The SMILES string of the molecule is CN(C)S(=O)(=O)c1ccc(NCc2ccncc2)nc1. The molecule has 0 bridgehead atoms. The molecule has 0 aliphatic rings. The number of nitrogens with one attached hydrogen (secondary N) is 1. The first kappa shape index (κ1) is 14.4. The van der Waals surface area contributed by atoms with Crippen LogP contribution >= 0.6 is 0 Å². The molecular formula is C13H16N4O2S. The zero-order valence-electron chi connectivity index (χ0n) is 11.3. The van der Waals surface area contributed by atoms with E-state index >= 15 is 0 Å². The van der Waals surface area contributed by atoms with Crippen LogP contribution < -0.4 is 5.32 Å². The lowest BCUT2D eigenvalue weighted by Crippen LogP contribution is -2.22. The summed E-state index contributed by atoms with van der Waals surface area (Å²) in [5.74, 6) is 0.625. The number of aromatic nitrogens is 2. The zero-order valence-corrected chi connectivity index (χ0v) is 12.1. The zero-order chi connectivity index (χ0) is 14.6. The fraction of sp³-hybridized carbons (Fsp3) is 0.231. The number of anilines is 1. The first-order valence-electron chi connectivity index (χ1n) is 6.01. The molecule has 1 N–H and O–H groups in total. The number of rotatable bonds is 5. The van der Waals surface area contributed by atoms with Crippen LogP contribution in [0.3, 0.4) is 0 Å². The molecule has 0 unspecified atom stereocenters. The van der Waals surface area contributed by atoms with Crippen LogP contribution in [0.1, 0.15) is 5.56 Å². The van der Waals surface area contributed by atoms with Crippen molar-refractivity contribution in [2.24, 2.45) is 0 Å². The van der Waals surface area contributed by atoms with Gasteiger partial charge in [0.1, 0.15) is 10.7 Å². The Morgan fingerprint density at radius 2 is 1.85 bits per heavy atom. The Kier molecular flexibility index (Phi) is 4.31. The molecule has 20 heavy (non-hydrogen) atoms. The summed E-state index contributed by atoms with van der Waals surface area (Å²) in [6.07, 6.45) is 4.79. The number of hydrogen-bond donors (Lipinski definition) is 1. The minimum Gasteiger partial charge on any atom is -0.366 e. The summed E-state index contributed by atoms with van der Waals surface area (Å²) >= 11 is 0. The van der Waals surface area contributed by atoms with Crippen LogP contribution in [0.15, 0.2) is 47.8 Å². The van der Waals surface area contributed by atoms with E-state index in [1.54, 1.807) is 18.5 Å². The number of nitrogens with zero attached hydrogens (tertiary/aromatic N) is 3. The smallest absolute Gasteiger partial charge is 0.244 e. The highest BCUT2D eigenvalue weighted by Gasteiger charge is 2.17. The molecule has 0 aromatic carbocycles.